The molecule has 0 aliphatic carbocycles. The second kappa shape index (κ2) is 6.39. The topological polar surface area (TPSA) is 95.5 Å². The predicted octanol–water partition coefficient (Wildman–Crippen LogP) is -0.525. The lowest BCUT2D eigenvalue weighted by Gasteiger charge is -2.15. The van der Waals surface area contributed by atoms with Crippen molar-refractivity contribution in [3.63, 3.8) is 0 Å². The quantitative estimate of drug-likeness (QED) is 0.591. The summed E-state index contributed by atoms with van der Waals surface area (Å²) < 4.78 is 0. The number of alkyl halides is 1. The monoisotopic (exact) mass is 280 g/mol. The first-order chi connectivity index (χ1) is 6.88. The van der Waals surface area contributed by atoms with Crippen molar-refractivity contribution >= 4 is 33.7 Å². The zero-order valence-corrected chi connectivity index (χ0v) is 10.00. The van der Waals surface area contributed by atoms with Crippen LogP contribution < -0.4 is 10.6 Å². The molecule has 15 heavy (non-hydrogen) atoms. The Kier molecular flexibility index (Phi) is 5.92. The van der Waals surface area contributed by atoms with E-state index < -0.39 is 24.0 Å². The van der Waals surface area contributed by atoms with Crippen LogP contribution >= 0.6 is 15.9 Å². The van der Waals surface area contributed by atoms with Crippen molar-refractivity contribution in [2.75, 3.05) is 5.33 Å². The Morgan fingerprint density at radius 3 is 2.13 bits per heavy atom. The fourth-order valence-electron chi connectivity index (χ4n) is 0.746. The SMILES string of the molecule is C[C@@H](NC(=O)[C@@H](C)NC(=O)CBr)C(=O)O. The lowest BCUT2D eigenvalue weighted by molar-refractivity contribution is -0.141. The summed E-state index contributed by atoms with van der Waals surface area (Å²) in [5.41, 5.74) is 0. The smallest absolute Gasteiger partial charge is 0.325 e. The highest BCUT2D eigenvalue weighted by atomic mass is 79.9. The number of aliphatic carboxylic acids is 1. The number of carbonyl (C=O) groups excluding carboxylic acids is 2. The molecule has 7 heteroatoms. The fourth-order valence-corrected chi connectivity index (χ4v) is 0.908. The molecule has 3 N–H and O–H groups in total. The van der Waals surface area contributed by atoms with Gasteiger partial charge in [-0.05, 0) is 13.8 Å². The van der Waals surface area contributed by atoms with Crippen molar-refractivity contribution in [2.45, 2.75) is 25.9 Å². The second-order valence-corrected chi connectivity index (χ2v) is 3.55. The summed E-state index contributed by atoms with van der Waals surface area (Å²) in [4.78, 5) is 32.6. The van der Waals surface area contributed by atoms with Crippen LogP contribution in [0, 0.1) is 0 Å². The van der Waals surface area contributed by atoms with Crippen molar-refractivity contribution < 1.29 is 19.5 Å². The van der Waals surface area contributed by atoms with Crippen LogP contribution in [0.5, 0.6) is 0 Å². The molecule has 0 spiro atoms. The van der Waals surface area contributed by atoms with Crippen LogP contribution in [0.25, 0.3) is 0 Å². The highest BCUT2D eigenvalue weighted by Crippen LogP contribution is 1.88. The van der Waals surface area contributed by atoms with E-state index in [1.54, 1.807) is 0 Å². The lowest BCUT2D eigenvalue weighted by atomic mass is 10.2. The van der Waals surface area contributed by atoms with Crippen molar-refractivity contribution in [3.8, 4) is 0 Å². The van der Waals surface area contributed by atoms with Crippen molar-refractivity contribution in [1.82, 2.24) is 10.6 Å². The van der Waals surface area contributed by atoms with Crippen LogP contribution in [0.2, 0.25) is 0 Å². The molecule has 0 aromatic heterocycles. The van der Waals surface area contributed by atoms with E-state index in [1.807, 2.05) is 0 Å². The number of hydrogen-bond donors (Lipinski definition) is 3. The Bertz CT molecular complexity index is 269. The zero-order chi connectivity index (χ0) is 12.0. The number of carboxylic acids is 1. The molecular formula is C8H13BrN2O4. The third kappa shape index (κ3) is 5.36. The van der Waals surface area contributed by atoms with Gasteiger partial charge in [-0.1, -0.05) is 15.9 Å². The summed E-state index contributed by atoms with van der Waals surface area (Å²) in [7, 11) is 0. The lowest BCUT2D eigenvalue weighted by Crippen LogP contribution is -2.49. The summed E-state index contributed by atoms with van der Waals surface area (Å²) in [6, 6.07) is -1.72. The van der Waals surface area contributed by atoms with Crippen LogP contribution in [0.1, 0.15) is 13.8 Å². The third-order valence-electron chi connectivity index (χ3n) is 1.62. The van der Waals surface area contributed by atoms with E-state index in [4.69, 9.17) is 5.11 Å². The average molecular weight is 281 g/mol. The predicted molar refractivity (Wildman–Crippen MR) is 56.6 cm³/mol. The molecule has 0 bridgehead atoms. The van der Waals surface area contributed by atoms with Gasteiger partial charge in [0.1, 0.15) is 12.1 Å². The van der Waals surface area contributed by atoms with Crippen molar-refractivity contribution in [1.29, 1.82) is 0 Å². The van der Waals surface area contributed by atoms with Crippen molar-refractivity contribution in [2.24, 2.45) is 0 Å². The molecule has 0 rings (SSSR count). The van der Waals surface area contributed by atoms with Crippen LogP contribution in [0.15, 0.2) is 0 Å². The number of halogens is 1. The van der Waals surface area contributed by atoms with Gasteiger partial charge in [0.15, 0.2) is 0 Å². The molecule has 2 amide bonds. The maximum atomic E-state index is 11.3. The summed E-state index contributed by atoms with van der Waals surface area (Å²) in [6.45, 7) is 2.82. The van der Waals surface area contributed by atoms with Gasteiger partial charge in [0, 0.05) is 0 Å². The van der Waals surface area contributed by atoms with E-state index in [0.29, 0.717) is 0 Å². The molecule has 6 nitrogen and oxygen atoms in total. The highest BCUT2D eigenvalue weighted by molar-refractivity contribution is 9.09. The van der Waals surface area contributed by atoms with Gasteiger partial charge in [-0.3, -0.25) is 14.4 Å². The van der Waals surface area contributed by atoms with Gasteiger partial charge < -0.3 is 15.7 Å². The fraction of sp³-hybridized carbons (Fsp3) is 0.625. The third-order valence-corrected chi connectivity index (χ3v) is 2.13. The van der Waals surface area contributed by atoms with E-state index in [1.165, 1.54) is 13.8 Å². The van der Waals surface area contributed by atoms with Gasteiger partial charge in [-0.2, -0.15) is 0 Å². The molecule has 2 atom stereocenters. The largest absolute Gasteiger partial charge is 0.480 e. The highest BCUT2D eigenvalue weighted by Gasteiger charge is 2.19. The molecule has 0 heterocycles. The van der Waals surface area contributed by atoms with Gasteiger partial charge in [0.05, 0.1) is 5.33 Å². The van der Waals surface area contributed by atoms with Crippen molar-refractivity contribution in [3.05, 3.63) is 0 Å². The van der Waals surface area contributed by atoms with E-state index in [2.05, 4.69) is 26.6 Å². The normalized spacial score (nSPS) is 13.8. The maximum absolute atomic E-state index is 11.3. The number of rotatable bonds is 5. The molecule has 0 aromatic carbocycles. The van der Waals surface area contributed by atoms with Gasteiger partial charge in [0.25, 0.3) is 0 Å². The molecule has 0 radical (unpaired) electrons. The first kappa shape index (κ1) is 13.9. The van der Waals surface area contributed by atoms with Crippen LogP contribution in [0.4, 0.5) is 0 Å². The molecule has 0 saturated carbocycles. The summed E-state index contributed by atoms with van der Waals surface area (Å²) in [5.74, 6) is -1.98. The summed E-state index contributed by atoms with van der Waals surface area (Å²) in [5, 5.41) is 13.3. The van der Waals surface area contributed by atoms with E-state index in [0.717, 1.165) is 0 Å². The molecule has 0 saturated heterocycles. The van der Waals surface area contributed by atoms with Crippen LogP contribution in [-0.2, 0) is 14.4 Å². The standard InChI is InChI=1S/C8H13BrN2O4/c1-4(10-6(12)3-9)7(13)11-5(2)8(14)15/h4-5H,3H2,1-2H3,(H,10,12)(H,11,13)(H,14,15)/t4-,5-/m1/s1. The molecular weight excluding hydrogens is 268 g/mol. The van der Waals surface area contributed by atoms with E-state index in [9.17, 15) is 14.4 Å². The van der Waals surface area contributed by atoms with Gasteiger partial charge in [-0.15, -0.1) is 0 Å². The average Bonchev–Trinajstić information content (AvgIpc) is 2.16. The minimum atomic E-state index is -1.12. The zero-order valence-electron chi connectivity index (χ0n) is 8.41. The first-order valence-electron chi connectivity index (χ1n) is 4.27. The minimum Gasteiger partial charge on any atom is -0.480 e. The van der Waals surface area contributed by atoms with E-state index >= 15 is 0 Å². The molecule has 0 fully saturated rings. The molecule has 86 valence electrons. The Morgan fingerprint density at radius 1 is 1.20 bits per heavy atom. The molecule has 0 aliphatic heterocycles. The van der Waals surface area contributed by atoms with E-state index in [-0.39, 0.29) is 11.2 Å². The van der Waals surface area contributed by atoms with Crippen LogP contribution in [-0.4, -0.2) is 40.3 Å². The number of hydrogen-bond acceptors (Lipinski definition) is 3. The first-order valence-corrected chi connectivity index (χ1v) is 5.39. The summed E-state index contributed by atoms with van der Waals surface area (Å²) in [6.07, 6.45) is 0. The number of nitrogens with one attached hydrogen (secondary N) is 2. The molecule has 0 aliphatic rings. The van der Waals surface area contributed by atoms with Gasteiger partial charge in [-0.25, -0.2) is 0 Å². The van der Waals surface area contributed by atoms with Gasteiger partial charge in [0.2, 0.25) is 11.8 Å². The number of carbonyl (C=O) groups is 3. The Hall–Kier alpha value is -1.11. The molecule has 0 aromatic rings. The Labute approximate surface area is 95.5 Å². The number of amides is 2. The van der Waals surface area contributed by atoms with Crippen LogP contribution in [0.3, 0.4) is 0 Å². The Balaban J connectivity index is 4.10. The molecule has 0 unspecified atom stereocenters. The number of carboxylic acid groups (broad SMARTS) is 1. The van der Waals surface area contributed by atoms with Gasteiger partial charge >= 0.3 is 5.97 Å². The summed E-state index contributed by atoms with van der Waals surface area (Å²) >= 11 is 2.93. The minimum absolute atomic E-state index is 0.0963. The second-order valence-electron chi connectivity index (χ2n) is 2.99. The maximum Gasteiger partial charge on any atom is 0.325 e. The Morgan fingerprint density at radius 2 is 1.73 bits per heavy atom.